The van der Waals surface area contributed by atoms with E-state index in [1.54, 1.807) is 30.3 Å². The quantitative estimate of drug-likeness (QED) is 0.148. The van der Waals surface area contributed by atoms with Crippen LogP contribution >= 0.6 is 15.9 Å². The van der Waals surface area contributed by atoms with Gasteiger partial charge in [0.05, 0.1) is 17.6 Å². The van der Waals surface area contributed by atoms with Crippen LogP contribution in [0.4, 0.5) is 5.69 Å². The van der Waals surface area contributed by atoms with Crippen LogP contribution in [-0.2, 0) is 9.53 Å². The summed E-state index contributed by atoms with van der Waals surface area (Å²) in [7, 11) is 1.39. The number of aliphatic imine (C=N–C) groups is 1. The molecule has 0 saturated carbocycles. The van der Waals surface area contributed by atoms with Crippen molar-refractivity contribution in [1.82, 2.24) is 0 Å². The molecule has 9 nitrogen and oxygen atoms in total. The van der Waals surface area contributed by atoms with E-state index in [0.29, 0.717) is 11.1 Å². The van der Waals surface area contributed by atoms with Crippen molar-refractivity contribution in [3.05, 3.63) is 104 Å². The van der Waals surface area contributed by atoms with Crippen LogP contribution in [0.3, 0.4) is 0 Å². The fourth-order valence-corrected chi connectivity index (χ4v) is 3.47. The molecule has 34 heavy (non-hydrogen) atoms. The SMILES string of the molecule is COc1cc(C=C2N=C(c3cccc(Br)c3)OC2=O)ccc1OC(=O)c1cccc([N+](=O)[O-])c1. The molecular weight excluding hydrogens is 508 g/mol. The number of ether oxygens (including phenoxy) is 3. The van der Waals surface area contributed by atoms with Crippen LogP contribution in [0.5, 0.6) is 11.5 Å². The normalized spacial score (nSPS) is 13.9. The maximum atomic E-state index is 12.5. The average Bonchev–Trinajstić information content (AvgIpc) is 3.20. The van der Waals surface area contributed by atoms with Gasteiger partial charge in [0.15, 0.2) is 17.2 Å². The third-order valence-electron chi connectivity index (χ3n) is 4.68. The number of nitro benzene ring substituents is 1. The van der Waals surface area contributed by atoms with Gasteiger partial charge in [0.25, 0.3) is 5.69 Å². The predicted octanol–water partition coefficient (Wildman–Crippen LogP) is 4.93. The van der Waals surface area contributed by atoms with Crippen molar-refractivity contribution in [2.75, 3.05) is 7.11 Å². The summed E-state index contributed by atoms with van der Waals surface area (Å²) in [6, 6.07) is 17.0. The Morgan fingerprint density at radius 1 is 1.09 bits per heavy atom. The van der Waals surface area contributed by atoms with Crippen molar-refractivity contribution < 1.29 is 28.7 Å². The second kappa shape index (κ2) is 9.67. The third-order valence-corrected chi connectivity index (χ3v) is 5.17. The number of cyclic esters (lactones) is 1. The lowest BCUT2D eigenvalue weighted by Crippen LogP contribution is -2.09. The maximum absolute atomic E-state index is 12.5. The Labute approximate surface area is 201 Å². The van der Waals surface area contributed by atoms with Crippen molar-refractivity contribution in [1.29, 1.82) is 0 Å². The second-order valence-corrected chi connectivity index (χ2v) is 7.87. The molecule has 0 fully saturated rings. The van der Waals surface area contributed by atoms with E-state index in [4.69, 9.17) is 14.2 Å². The van der Waals surface area contributed by atoms with Gasteiger partial charge < -0.3 is 14.2 Å². The molecule has 0 radical (unpaired) electrons. The van der Waals surface area contributed by atoms with Crippen LogP contribution in [0.1, 0.15) is 21.5 Å². The Balaban J connectivity index is 1.57. The Morgan fingerprint density at radius 2 is 1.88 bits per heavy atom. The Bertz CT molecular complexity index is 1380. The first kappa shape index (κ1) is 22.9. The highest BCUT2D eigenvalue weighted by atomic mass is 79.9. The summed E-state index contributed by atoms with van der Waals surface area (Å²) in [5, 5.41) is 10.9. The van der Waals surface area contributed by atoms with E-state index in [0.717, 1.165) is 10.5 Å². The highest BCUT2D eigenvalue weighted by Crippen LogP contribution is 2.31. The first-order chi connectivity index (χ1) is 16.3. The number of halogens is 1. The minimum Gasteiger partial charge on any atom is -0.493 e. The molecule has 1 aliphatic rings. The summed E-state index contributed by atoms with van der Waals surface area (Å²) in [4.78, 5) is 39.4. The topological polar surface area (TPSA) is 117 Å². The van der Waals surface area contributed by atoms with E-state index < -0.39 is 16.9 Å². The van der Waals surface area contributed by atoms with Gasteiger partial charge >= 0.3 is 11.9 Å². The maximum Gasteiger partial charge on any atom is 0.363 e. The number of benzene rings is 3. The third kappa shape index (κ3) is 5.02. The van der Waals surface area contributed by atoms with Gasteiger partial charge in [-0.1, -0.05) is 34.1 Å². The van der Waals surface area contributed by atoms with E-state index >= 15 is 0 Å². The van der Waals surface area contributed by atoms with E-state index in [1.165, 1.54) is 37.5 Å². The summed E-state index contributed by atoms with van der Waals surface area (Å²) >= 11 is 3.37. The van der Waals surface area contributed by atoms with Gasteiger partial charge in [0.1, 0.15) is 0 Å². The summed E-state index contributed by atoms with van der Waals surface area (Å²) in [6.07, 6.45) is 1.52. The number of nitrogens with zero attached hydrogens (tertiary/aromatic N) is 2. The van der Waals surface area contributed by atoms with Crippen molar-refractivity contribution in [2.24, 2.45) is 4.99 Å². The first-order valence-electron chi connectivity index (χ1n) is 9.77. The minimum absolute atomic E-state index is 0.0190. The van der Waals surface area contributed by atoms with Crippen LogP contribution in [0, 0.1) is 10.1 Å². The highest BCUT2D eigenvalue weighted by molar-refractivity contribution is 9.10. The van der Waals surface area contributed by atoms with E-state index in [-0.39, 0.29) is 34.3 Å². The molecule has 0 unspecified atom stereocenters. The number of hydrogen-bond donors (Lipinski definition) is 0. The number of nitro groups is 1. The largest absolute Gasteiger partial charge is 0.493 e. The van der Waals surface area contributed by atoms with Gasteiger partial charge in [-0.3, -0.25) is 10.1 Å². The smallest absolute Gasteiger partial charge is 0.363 e. The van der Waals surface area contributed by atoms with E-state index in [9.17, 15) is 19.7 Å². The molecule has 0 amide bonds. The number of esters is 2. The molecule has 10 heteroatoms. The summed E-state index contributed by atoms with van der Waals surface area (Å²) < 4.78 is 16.8. The molecule has 0 aliphatic carbocycles. The molecule has 0 aromatic heterocycles. The van der Waals surface area contributed by atoms with E-state index in [1.807, 2.05) is 6.07 Å². The van der Waals surface area contributed by atoms with E-state index in [2.05, 4.69) is 20.9 Å². The second-order valence-electron chi connectivity index (χ2n) is 6.95. The molecule has 1 aliphatic heterocycles. The Morgan fingerprint density at radius 3 is 2.62 bits per heavy atom. The Hall–Kier alpha value is -4.31. The van der Waals surface area contributed by atoms with Crippen LogP contribution in [-0.4, -0.2) is 29.9 Å². The predicted molar refractivity (Wildman–Crippen MR) is 126 cm³/mol. The number of carbonyl (C=O) groups excluding carboxylic acids is 2. The standard InChI is InChI=1S/C24H15BrN2O7/c1-32-21-11-14(10-19-24(29)34-22(26-19)15-4-2-6-17(25)12-15)8-9-20(21)33-23(28)16-5-3-7-18(13-16)27(30)31/h2-13H,1H3. The number of hydrogen-bond acceptors (Lipinski definition) is 8. The molecule has 0 N–H and O–H groups in total. The lowest BCUT2D eigenvalue weighted by atomic mass is 10.1. The molecule has 0 saturated heterocycles. The van der Waals surface area contributed by atoms with Crippen molar-refractivity contribution in [3.63, 3.8) is 0 Å². The molecule has 0 atom stereocenters. The first-order valence-corrected chi connectivity index (χ1v) is 10.6. The van der Waals surface area contributed by atoms with Gasteiger partial charge in [0.2, 0.25) is 5.90 Å². The van der Waals surface area contributed by atoms with Crippen LogP contribution in [0.2, 0.25) is 0 Å². The van der Waals surface area contributed by atoms with Crippen LogP contribution < -0.4 is 9.47 Å². The molecule has 0 spiro atoms. The minimum atomic E-state index is -0.782. The summed E-state index contributed by atoms with van der Waals surface area (Å²) in [6.45, 7) is 0. The summed E-state index contributed by atoms with van der Waals surface area (Å²) in [5.74, 6) is -0.873. The highest BCUT2D eigenvalue weighted by Gasteiger charge is 2.24. The molecular formula is C24H15BrN2O7. The van der Waals surface area contributed by atoms with Crippen molar-refractivity contribution >= 4 is 45.5 Å². The zero-order chi connectivity index (χ0) is 24.2. The van der Waals surface area contributed by atoms with Crippen LogP contribution in [0.15, 0.2) is 81.9 Å². The fraction of sp³-hybridized carbons (Fsp3) is 0.0417. The molecule has 3 aromatic rings. The summed E-state index contributed by atoms with van der Waals surface area (Å²) in [5.41, 5.74) is 1.09. The molecule has 4 rings (SSSR count). The average molecular weight is 523 g/mol. The van der Waals surface area contributed by atoms with Gasteiger partial charge in [-0.05, 0) is 48.0 Å². The van der Waals surface area contributed by atoms with Gasteiger partial charge in [-0.25, -0.2) is 14.6 Å². The molecule has 0 bridgehead atoms. The molecule has 1 heterocycles. The van der Waals surface area contributed by atoms with Gasteiger partial charge in [-0.2, -0.15) is 0 Å². The van der Waals surface area contributed by atoms with Crippen molar-refractivity contribution in [2.45, 2.75) is 0 Å². The fourth-order valence-electron chi connectivity index (χ4n) is 3.08. The Kier molecular flexibility index (Phi) is 6.51. The van der Waals surface area contributed by atoms with Gasteiger partial charge in [-0.15, -0.1) is 0 Å². The lowest BCUT2D eigenvalue weighted by molar-refractivity contribution is -0.384. The van der Waals surface area contributed by atoms with Crippen molar-refractivity contribution in [3.8, 4) is 11.5 Å². The zero-order valence-corrected chi connectivity index (χ0v) is 19.1. The number of non-ortho nitro benzene ring substituents is 1. The monoisotopic (exact) mass is 522 g/mol. The van der Waals surface area contributed by atoms with Gasteiger partial charge in [0, 0.05) is 22.2 Å². The number of methoxy groups -OCH3 is 1. The molecule has 170 valence electrons. The lowest BCUT2D eigenvalue weighted by Gasteiger charge is -2.10. The number of carbonyl (C=O) groups is 2. The number of rotatable bonds is 6. The van der Waals surface area contributed by atoms with Crippen LogP contribution in [0.25, 0.3) is 6.08 Å². The molecule has 3 aromatic carbocycles. The zero-order valence-electron chi connectivity index (χ0n) is 17.6.